The summed E-state index contributed by atoms with van der Waals surface area (Å²) in [4.78, 5) is 28.7. The molecule has 3 rings (SSSR count). The van der Waals surface area contributed by atoms with Crippen LogP contribution in [0.25, 0.3) is 10.8 Å². The summed E-state index contributed by atoms with van der Waals surface area (Å²) in [5.41, 5.74) is 0.169. The van der Waals surface area contributed by atoms with Crippen molar-refractivity contribution in [3.05, 3.63) is 74.9 Å². The van der Waals surface area contributed by atoms with E-state index in [0.717, 1.165) is 18.2 Å². The van der Waals surface area contributed by atoms with Crippen LogP contribution in [-0.2, 0) is 0 Å². The van der Waals surface area contributed by atoms with Crippen molar-refractivity contribution in [3.63, 3.8) is 0 Å². The maximum atomic E-state index is 13.8. The van der Waals surface area contributed by atoms with Crippen molar-refractivity contribution in [2.45, 2.75) is 19.9 Å². The van der Waals surface area contributed by atoms with Gasteiger partial charge in [0.05, 0.1) is 16.5 Å². The molecule has 0 spiro atoms. The minimum atomic E-state index is -1.13. The van der Waals surface area contributed by atoms with Crippen LogP contribution in [0.2, 0.25) is 5.02 Å². The van der Waals surface area contributed by atoms with Crippen LogP contribution < -0.4 is 10.9 Å². The number of hydrogen-bond donors (Lipinski definition) is 2. The van der Waals surface area contributed by atoms with Crippen molar-refractivity contribution in [1.29, 1.82) is 0 Å². The molecular weight excluding hydrogens is 407 g/mol. The fourth-order valence-corrected chi connectivity index (χ4v) is 3.33. The van der Waals surface area contributed by atoms with Gasteiger partial charge in [-0.25, -0.2) is 18.0 Å². The number of fused-ring (bicyclic) bond motifs is 1. The van der Waals surface area contributed by atoms with Gasteiger partial charge < -0.3 is 15.2 Å². The Bertz CT molecular complexity index is 1150. The van der Waals surface area contributed by atoms with Gasteiger partial charge in [0.2, 0.25) is 0 Å². The number of H-pyrrole nitrogens is 1. The van der Waals surface area contributed by atoms with Crippen LogP contribution in [-0.4, -0.2) is 22.5 Å². The molecule has 1 heterocycles. The second kappa shape index (κ2) is 8.16. The lowest BCUT2D eigenvalue weighted by Gasteiger charge is -2.29. The summed E-state index contributed by atoms with van der Waals surface area (Å²) in [5.74, 6) is -2.84. The second-order valence-corrected chi connectivity index (χ2v) is 6.81. The number of pyridine rings is 1. The highest BCUT2D eigenvalue weighted by atomic mass is 35.5. The lowest BCUT2D eigenvalue weighted by atomic mass is 10.0. The van der Waals surface area contributed by atoms with Crippen molar-refractivity contribution < 1.29 is 18.0 Å². The number of rotatable bonds is 4. The Labute approximate surface area is 169 Å². The minimum Gasteiger partial charge on any atom is -0.328 e. The summed E-state index contributed by atoms with van der Waals surface area (Å²) in [5, 5.41) is 2.67. The molecule has 29 heavy (non-hydrogen) atoms. The first-order valence-electron chi connectivity index (χ1n) is 8.76. The van der Waals surface area contributed by atoms with E-state index in [1.54, 1.807) is 13.8 Å². The molecule has 0 unspecified atom stereocenters. The molecule has 0 radical (unpaired) electrons. The summed E-state index contributed by atoms with van der Waals surface area (Å²) >= 11 is 5.74. The number of nitrogens with one attached hydrogen (secondary N) is 2. The van der Waals surface area contributed by atoms with Crippen LogP contribution >= 0.6 is 11.6 Å². The third-order valence-electron chi connectivity index (χ3n) is 4.66. The number of amides is 2. The number of aromatic nitrogens is 1. The van der Waals surface area contributed by atoms with Crippen molar-refractivity contribution >= 4 is 34.1 Å². The Balaban J connectivity index is 1.96. The summed E-state index contributed by atoms with van der Waals surface area (Å²) < 4.78 is 40.7. The van der Waals surface area contributed by atoms with E-state index in [2.05, 4.69) is 10.3 Å². The topological polar surface area (TPSA) is 65.2 Å². The van der Waals surface area contributed by atoms with E-state index in [0.29, 0.717) is 11.3 Å². The smallest absolute Gasteiger partial charge is 0.322 e. The van der Waals surface area contributed by atoms with Crippen molar-refractivity contribution in [1.82, 2.24) is 9.88 Å². The summed E-state index contributed by atoms with van der Waals surface area (Å²) in [6, 6.07) is 4.44. The fraction of sp³-hybridized carbons (Fsp3) is 0.200. The average molecular weight is 424 g/mol. The highest BCUT2D eigenvalue weighted by Gasteiger charge is 2.23. The highest BCUT2D eigenvalue weighted by molar-refractivity contribution is 6.31. The number of carbonyl (C=O) groups excluding carboxylic acids is 1. The number of carbonyl (C=O) groups is 1. The molecule has 5 nitrogen and oxygen atoms in total. The fourth-order valence-electron chi connectivity index (χ4n) is 3.15. The maximum Gasteiger partial charge on any atom is 0.322 e. The lowest BCUT2D eigenvalue weighted by molar-refractivity contribution is 0.197. The summed E-state index contributed by atoms with van der Waals surface area (Å²) in [6.07, 6.45) is 1.37. The predicted molar refractivity (Wildman–Crippen MR) is 106 cm³/mol. The van der Waals surface area contributed by atoms with Gasteiger partial charge in [-0.3, -0.25) is 4.79 Å². The number of halogens is 4. The van der Waals surface area contributed by atoms with E-state index < -0.39 is 35.1 Å². The van der Waals surface area contributed by atoms with Crippen LogP contribution in [0.4, 0.5) is 23.7 Å². The van der Waals surface area contributed by atoms with E-state index in [1.807, 2.05) is 0 Å². The Morgan fingerprint density at radius 3 is 2.41 bits per heavy atom. The number of benzene rings is 2. The first-order valence-corrected chi connectivity index (χ1v) is 9.13. The molecule has 0 bridgehead atoms. The van der Waals surface area contributed by atoms with Gasteiger partial charge in [0.25, 0.3) is 5.56 Å². The highest BCUT2D eigenvalue weighted by Crippen LogP contribution is 2.28. The molecule has 152 valence electrons. The van der Waals surface area contributed by atoms with E-state index in [1.165, 1.54) is 23.2 Å². The zero-order valence-electron chi connectivity index (χ0n) is 15.5. The van der Waals surface area contributed by atoms with Gasteiger partial charge in [0.15, 0.2) is 11.6 Å². The first-order chi connectivity index (χ1) is 13.7. The van der Waals surface area contributed by atoms with Gasteiger partial charge in [-0.05, 0) is 55.1 Å². The molecule has 9 heteroatoms. The van der Waals surface area contributed by atoms with E-state index in [-0.39, 0.29) is 22.3 Å². The Morgan fingerprint density at radius 1 is 1.14 bits per heavy atom. The molecule has 0 saturated heterocycles. The van der Waals surface area contributed by atoms with Crippen LogP contribution in [0.3, 0.4) is 0 Å². The standard InChI is InChI=1S/C20H17ClF3N3O2/c1-3-27(20(29)26-11-4-5-16(22)15(21)6-11)10(2)14-9-25-19(28)13-8-18(24)17(23)7-12(13)14/h4-10H,3H2,1-2H3,(H,25,28)(H,26,29)/t10-/m0/s1. The molecule has 0 aliphatic rings. The molecule has 0 fully saturated rings. The van der Waals surface area contributed by atoms with E-state index in [4.69, 9.17) is 11.6 Å². The van der Waals surface area contributed by atoms with Crippen LogP contribution in [0.1, 0.15) is 25.5 Å². The minimum absolute atomic E-state index is 0.0185. The summed E-state index contributed by atoms with van der Waals surface area (Å²) in [7, 11) is 0. The van der Waals surface area contributed by atoms with Crippen molar-refractivity contribution in [2.24, 2.45) is 0 Å². The summed E-state index contributed by atoms with van der Waals surface area (Å²) in [6.45, 7) is 3.70. The molecule has 2 aromatic carbocycles. The van der Waals surface area contributed by atoms with Gasteiger partial charge >= 0.3 is 6.03 Å². The van der Waals surface area contributed by atoms with Crippen LogP contribution in [0, 0.1) is 17.5 Å². The van der Waals surface area contributed by atoms with Crippen LogP contribution in [0.15, 0.2) is 41.3 Å². The number of aromatic amines is 1. The Morgan fingerprint density at radius 2 is 1.79 bits per heavy atom. The van der Waals surface area contributed by atoms with E-state index in [9.17, 15) is 22.8 Å². The van der Waals surface area contributed by atoms with Crippen LogP contribution in [0.5, 0.6) is 0 Å². The zero-order chi connectivity index (χ0) is 21.3. The molecule has 2 N–H and O–H groups in total. The van der Waals surface area contributed by atoms with Crippen molar-refractivity contribution in [3.8, 4) is 0 Å². The maximum absolute atomic E-state index is 13.8. The van der Waals surface area contributed by atoms with Gasteiger partial charge in [-0.15, -0.1) is 0 Å². The van der Waals surface area contributed by atoms with Gasteiger partial charge in [-0.2, -0.15) is 0 Å². The monoisotopic (exact) mass is 423 g/mol. The SMILES string of the molecule is CCN(C(=O)Nc1ccc(F)c(Cl)c1)[C@@H](C)c1c[nH]c(=O)c2cc(F)c(F)cc12. The normalized spacial score (nSPS) is 12.1. The molecule has 2 amide bonds. The Kier molecular flexibility index (Phi) is 5.83. The molecule has 3 aromatic rings. The number of nitrogens with zero attached hydrogens (tertiary/aromatic N) is 1. The average Bonchev–Trinajstić information content (AvgIpc) is 2.67. The Hall–Kier alpha value is -3.00. The number of anilines is 1. The van der Waals surface area contributed by atoms with Gasteiger partial charge in [0.1, 0.15) is 5.82 Å². The van der Waals surface area contributed by atoms with Gasteiger partial charge in [-0.1, -0.05) is 11.6 Å². The number of hydrogen-bond acceptors (Lipinski definition) is 2. The van der Waals surface area contributed by atoms with Crippen molar-refractivity contribution in [2.75, 3.05) is 11.9 Å². The number of urea groups is 1. The molecule has 1 aromatic heterocycles. The molecular formula is C20H17ClF3N3O2. The molecule has 0 saturated carbocycles. The quantitative estimate of drug-likeness (QED) is 0.604. The predicted octanol–water partition coefficient (Wildman–Crippen LogP) is 5.21. The largest absolute Gasteiger partial charge is 0.328 e. The zero-order valence-corrected chi connectivity index (χ0v) is 16.3. The lowest BCUT2D eigenvalue weighted by Crippen LogP contribution is -2.37. The third kappa shape index (κ3) is 4.07. The second-order valence-electron chi connectivity index (χ2n) is 6.41. The van der Waals surface area contributed by atoms with E-state index >= 15 is 0 Å². The van der Waals surface area contributed by atoms with Gasteiger partial charge in [0, 0.05) is 18.4 Å². The molecule has 0 aliphatic heterocycles. The first kappa shape index (κ1) is 20.7. The molecule has 1 atom stereocenters. The molecule has 0 aliphatic carbocycles. The third-order valence-corrected chi connectivity index (χ3v) is 4.95.